The molecule has 116 valence electrons. The Kier molecular flexibility index (Phi) is 5.46. The van der Waals surface area contributed by atoms with E-state index in [1.54, 1.807) is 24.3 Å². The molecular weight excluding hydrogens is 391 g/mol. The third kappa shape index (κ3) is 3.98. The zero-order chi connectivity index (χ0) is 16.5. The molecule has 0 N–H and O–H groups in total. The highest BCUT2D eigenvalue weighted by atomic mass is 35.6. The van der Waals surface area contributed by atoms with Gasteiger partial charge in [-0.25, -0.2) is 0 Å². The number of hydrogen-bond donors (Lipinski definition) is 0. The summed E-state index contributed by atoms with van der Waals surface area (Å²) < 4.78 is -1.74. The molecule has 0 saturated carbocycles. The molecule has 0 aromatic heterocycles. The van der Waals surface area contributed by atoms with E-state index in [0.29, 0.717) is 16.1 Å². The molecule has 0 fully saturated rings. The van der Waals surface area contributed by atoms with Crippen LogP contribution in [0.5, 0.6) is 0 Å². The predicted molar refractivity (Wildman–Crippen MR) is 91.7 cm³/mol. The molecule has 8 heteroatoms. The van der Waals surface area contributed by atoms with Crippen LogP contribution in [0.15, 0.2) is 42.5 Å². The molecule has 22 heavy (non-hydrogen) atoms. The number of benzene rings is 2. The first-order chi connectivity index (χ1) is 10.2. The van der Waals surface area contributed by atoms with Gasteiger partial charge in [0.1, 0.15) is 0 Å². The Balaban J connectivity index is 2.62. The standard InChI is InChI=1S/C14H8Cl5NO2/c15-9-3-1-8(2-4-9)13(14(17,18)19)11-7-10(20(21)22)5-6-12(11)16/h1-7,13H. The summed E-state index contributed by atoms with van der Waals surface area (Å²) in [5.41, 5.74) is 0.859. The molecule has 1 atom stereocenters. The van der Waals surface area contributed by atoms with Gasteiger partial charge in [0.25, 0.3) is 5.69 Å². The van der Waals surface area contributed by atoms with Gasteiger partial charge < -0.3 is 0 Å². The number of hydrogen-bond acceptors (Lipinski definition) is 2. The highest BCUT2D eigenvalue weighted by molar-refractivity contribution is 6.68. The van der Waals surface area contributed by atoms with Crippen molar-refractivity contribution in [3.05, 3.63) is 73.8 Å². The monoisotopic (exact) mass is 397 g/mol. The van der Waals surface area contributed by atoms with E-state index in [1.807, 2.05) is 0 Å². The third-order valence-electron chi connectivity index (χ3n) is 3.03. The summed E-state index contributed by atoms with van der Waals surface area (Å²) in [7, 11) is 0. The maximum Gasteiger partial charge on any atom is 0.269 e. The first-order valence-corrected chi connectivity index (χ1v) is 7.85. The predicted octanol–water partition coefficient (Wildman–Crippen LogP) is 6.40. The van der Waals surface area contributed by atoms with Gasteiger partial charge in [0.05, 0.1) is 10.8 Å². The number of nitrogens with zero attached hydrogens (tertiary/aromatic N) is 1. The second kappa shape index (κ2) is 6.81. The fourth-order valence-electron chi connectivity index (χ4n) is 2.07. The van der Waals surface area contributed by atoms with Crippen molar-refractivity contribution in [3.63, 3.8) is 0 Å². The van der Waals surface area contributed by atoms with Crippen LogP contribution >= 0.6 is 58.0 Å². The summed E-state index contributed by atoms with van der Waals surface area (Å²) in [4.78, 5) is 10.4. The van der Waals surface area contributed by atoms with E-state index in [1.165, 1.54) is 18.2 Å². The zero-order valence-electron chi connectivity index (χ0n) is 10.8. The maximum absolute atomic E-state index is 11.0. The van der Waals surface area contributed by atoms with Crippen LogP contribution in [-0.4, -0.2) is 8.72 Å². The number of alkyl halides is 3. The average molecular weight is 399 g/mol. The lowest BCUT2D eigenvalue weighted by Crippen LogP contribution is -2.19. The van der Waals surface area contributed by atoms with E-state index in [0.717, 1.165) is 0 Å². The molecule has 0 heterocycles. The van der Waals surface area contributed by atoms with Crippen molar-refractivity contribution in [2.75, 3.05) is 0 Å². The molecule has 1 unspecified atom stereocenters. The van der Waals surface area contributed by atoms with E-state index >= 15 is 0 Å². The van der Waals surface area contributed by atoms with E-state index in [2.05, 4.69) is 0 Å². The van der Waals surface area contributed by atoms with Crippen LogP contribution in [0.1, 0.15) is 17.0 Å². The Morgan fingerprint density at radius 2 is 1.59 bits per heavy atom. The van der Waals surface area contributed by atoms with Crippen molar-refractivity contribution >= 4 is 63.7 Å². The lowest BCUT2D eigenvalue weighted by Gasteiger charge is -2.26. The first-order valence-electron chi connectivity index (χ1n) is 5.96. The second-order valence-corrected chi connectivity index (χ2v) is 7.70. The van der Waals surface area contributed by atoms with E-state index in [4.69, 9.17) is 58.0 Å². The van der Waals surface area contributed by atoms with Crippen LogP contribution in [0.25, 0.3) is 0 Å². The number of halogens is 5. The topological polar surface area (TPSA) is 43.1 Å². The minimum Gasteiger partial charge on any atom is -0.258 e. The molecule has 2 aromatic rings. The van der Waals surface area contributed by atoms with E-state index in [-0.39, 0.29) is 10.7 Å². The Labute approximate surface area is 151 Å². The van der Waals surface area contributed by atoms with Crippen LogP contribution in [0, 0.1) is 10.1 Å². The van der Waals surface area contributed by atoms with Gasteiger partial charge in [-0.05, 0) is 29.3 Å². The van der Waals surface area contributed by atoms with Crippen LogP contribution < -0.4 is 0 Å². The quantitative estimate of drug-likeness (QED) is 0.340. The number of non-ortho nitro benzene ring substituents is 1. The number of nitro benzene ring substituents is 1. The third-order valence-corrected chi connectivity index (χ3v) is 4.28. The van der Waals surface area contributed by atoms with Crippen LogP contribution in [0.3, 0.4) is 0 Å². The molecule has 2 aromatic carbocycles. The molecule has 3 nitrogen and oxygen atoms in total. The molecule has 0 saturated heterocycles. The first kappa shape index (κ1) is 17.6. The van der Waals surface area contributed by atoms with Crippen molar-refractivity contribution in [1.82, 2.24) is 0 Å². The van der Waals surface area contributed by atoms with Gasteiger partial charge in [-0.1, -0.05) is 70.1 Å². The fourth-order valence-corrected chi connectivity index (χ4v) is 3.15. The van der Waals surface area contributed by atoms with Crippen molar-refractivity contribution in [3.8, 4) is 0 Å². The summed E-state index contributed by atoms with van der Waals surface area (Å²) in [5, 5.41) is 11.8. The summed E-state index contributed by atoms with van der Waals surface area (Å²) in [6.45, 7) is 0. The van der Waals surface area contributed by atoms with Crippen molar-refractivity contribution < 1.29 is 4.92 Å². The van der Waals surface area contributed by atoms with Gasteiger partial charge in [-0.15, -0.1) is 0 Å². The summed E-state index contributed by atoms with van der Waals surface area (Å²) >= 11 is 30.3. The van der Waals surface area contributed by atoms with E-state index in [9.17, 15) is 10.1 Å². The van der Waals surface area contributed by atoms with E-state index < -0.39 is 14.6 Å². The average Bonchev–Trinajstić information content (AvgIpc) is 2.41. The number of nitro groups is 1. The minimum atomic E-state index is -1.74. The van der Waals surface area contributed by atoms with Gasteiger partial charge in [-0.2, -0.15) is 0 Å². The molecule has 0 amide bonds. The van der Waals surface area contributed by atoms with Crippen molar-refractivity contribution in [2.45, 2.75) is 9.71 Å². The lowest BCUT2D eigenvalue weighted by atomic mass is 9.92. The summed E-state index contributed by atoms with van der Waals surface area (Å²) in [6.07, 6.45) is 0. The van der Waals surface area contributed by atoms with Gasteiger partial charge >= 0.3 is 0 Å². The fraction of sp³-hybridized carbons (Fsp3) is 0.143. The Hall–Kier alpha value is -0.710. The van der Waals surface area contributed by atoms with Crippen molar-refractivity contribution in [2.24, 2.45) is 0 Å². The lowest BCUT2D eigenvalue weighted by molar-refractivity contribution is -0.384. The Morgan fingerprint density at radius 3 is 2.09 bits per heavy atom. The molecule has 0 spiro atoms. The largest absolute Gasteiger partial charge is 0.269 e. The minimum absolute atomic E-state index is 0.132. The zero-order valence-corrected chi connectivity index (χ0v) is 14.6. The molecule has 0 aliphatic carbocycles. The summed E-state index contributed by atoms with van der Waals surface area (Å²) in [6, 6.07) is 10.7. The number of rotatable bonds is 3. The molecule has 0 radical (unpaired) electrons. The molecule has 2 rings (SSSR count). The van der Waals surface area contributed by atoms with Gasteiger partial charge in [0.15, 0.2) is 0 Å². The van der Waals surface area contributed by atoms with Crippen LogP contribution in [0.2, 0.25) is 10.0 Å². The van der Waals surface area contributed by atoms with Crippen LogP contribution in [0.4, 0.5) is 5.69 Å². The highest BCUT2D eigenvalue weighted by Crippen LogP contribution is 2.48. The SMILES string of the molecule is O=[N+]([O-])c1ccc(Cl)c(C(c2ccc(Cl)cc2)C(Cl)(Cl)Cl)c1. The highest BCUT2D eigenvalue weighted by Gasteiger charge is 2.37. The molecule has 0 aliphatic rings. The molecular formula is C14H8Cl5NO2. The smallest absolute Gasteiger partial charge is 0.258 e. The molecule has 0 bridgehead atoms. The Bertz CT molecular complexity index is 697. The van der Waals surface area contributed by atoms with Crippen LogP contribution in [-0.2, 0) is 0 Å². The Morgan fingerprint density at radius 1 is 1.00 bits per heavy atom. The normalized spacial score (nSPS) is 13.0. The summed E-state index contributed by atoms with van der Waals surface area (Å²) in [5.74, 6) is -0.776. The maximum atomic E-state index is 11.0. The van der Waals surface area contributed by atoms with Gasteiger partial charge in [-0.3, -0.25) is 10.1 Å². The van der Waals surface area contributed by atoms with Crippen molar-refractivity contribution in [1.29, 1.82) is 0 Å². The van der Waals surface area contributed by atoms with Gasteiger partial charge in [0.2, 0.25) is 3.79 Å². The second-order valence-electron chi connectivity index (χ2n) is 4.49. The van der Waals surface area contributed by atoms with Gasteiger partial charge in [0, 0.05) is 22.2 Å². The molecule has 0 aliphatic heterocycles.